The van der Waals surface area contributed by atoms with Crippen molar-refractivity contribution >= 4 is 6.72 Å². The van der Waals surface area contributed by atoms with Crippen molar-refractivity contribution < 1.29 is 0 Å². The van der Waals surface area contributed by atoms with Gasteiger partial charge in [-0.1, -0.05) is 27.4 Å². The number of hydrogen-bond donors (Lipinski definition) is 0. The standard InChI is InChI=1S/C7H13N/c1-6(8-5)7(2,3)4/h1,5H2,2-4H3. The number of hydrogen-bond acceptors (Lipinski definition) is 1. The Morgan fingerprint density at radius 2 is 1.75 bits per heavy atom. The van der Waals surface area contributed by atoms with Gasteiger partial charge in [-0.15, -0.1) is 0 Å². The zero-order chi connectivity index (χ0) is 6.78. The Morgan fingerprint density at radius 3 is 1.75 bits per heavy atom. The van der Waals surface area contributed by atoms with Gasteiger partial charge in [0.05, 0.1) is 0 Å². The average molecular weight is 111 g/mol. The van der Waals surface area contributed by atoms with Crippen LogP contribution >= 0.6 is 0 Å². The first-order valence-corrected chi connectivity index (χ1v) is 2.64. The summed E-state index contributed by atoms with van der Waals surface area (Å²) in [6.45, 7) is 13.3. The van der Waals surface area contributed by atoms with Gasteiger partial charge < -0.3 is 0 Å². The van der Waals surface area contributed by atoms with Gasteiger partial charge in [-0.05, 0) is 6.72 Å². The smallest absolute Gasteiger partial charge is 0.0378 e. The highest BCUT2D eigenvalue weighted by Crippen LogP contribution is 2.23. The Kier molecular flexibility index (Phi) is 1.96. The third-order valence-corrected chi connectivity index (χ3v) is 1.06. The summed E-state index contributed by atoms with van der Waals surface area (Å²) in [4.78, 5) is 3.72. The van der Waals surface area contributed by atoms with Crippen LogP contribution in [0.15, 0.2) is 17.3 Å². The fourth-order valence-electron chi connectivity index (χ4n) is 0.237. The molecule has 0 saturated carbocycles. The molecule has 0 bridgehead atoms. The summed E-state index contributed by atoms with van der Waals surface area (Å²) in [7, 11) is 0. The van der Waals surface area contributed by atoms with Crippen LogP contribution in [0.3, 0.4) is 0 Å². The maximum Gasteiger partial charge on any atom is 0.0378 e. The van der Waals surface area contributed by atoms with Gasteiger partial charge in [0, 0.05) is 11.1 Å². The molecule has 0 spiro atoms. The number of nitrogens with zero attached hydrogens (tertiary/aromatic N) is 1. The second-order valence-corrected chi connectivity index (χ2v) is 2.85. The van der Waals surface area contributed by atoms with Gasteiger partial charge in [0.25, 0.3) is 0 Å². The summed E-state index contributed by atoms with van der Waals surface area (Å²) in [6.07, 6.45) is 0. The Labute approximate surface area is 51.1 Å². The van der Waals surface area contributed by atoms with Gasteiger partial charge in [0.15, 0.2) is 0 Å². The van der Waals surface area contributed by atoms with Crippen molar-refractivity contribution in [1.29, 1.82) is 0 Å². The number of allylic oxidation sites excluding steroid dienone is 1. The van der Waals surface area contributed by atoms with Crippen molar-refractivity contribution in [2.24, 2.45) is 10.4 Å². The van der Waals surface area contributed by atoms with Crippen LogP contribution in [0.4, 0.5) is 0 Å². The van der Waals surface area contributed by atoms with E-state index in [0.29, 0.717) is 0 Å². The van der Waals surface area contributed by atoms with E-state index in [0.717, 1.165) is 5.70 Å². The molecule has 1 nitrogen and oxygen atoms in total. The molecule has 0 saturated heterocycles. The van der Waals surface area contributed by atoms with Crippen molar-refractivity contribution in [3.63, 3.8) is 0 Å². The van der Waals surface area contributed by atoms with E-state index in [2.05, 4.69) is 39.1 Å². The molecule has 1 heteroatoms. The van der Waals surface area contributed by atoms with Crippen LogP contribution in [0.5, 0.6) is 0 Å². The molecular formula is C7H13N. The lowest BCUT2D eigenvalue weighted by Gasteiger charge is -2.16. The maximum atomic E-state index is 3.72. The number of aliphatic imine (C=N–C) groups is 1. The Hall–Kier alpha value is -0.590. The van der Waals surface area contributed by atoms with E-state index in [1.807, 2.05) is 0 Å². The van der Waals surface area contributed by atoms with E-state index in [1.165, 1.54) is 0 Å². The molecule has 0 amide bonds. The fraction of sp³-hybridized carbons (Fsp3) is 0.571. The minimum atomic E-state index is 0.0851. The lowest BCUT2D eigenvalue weighted by molar-refractivity contribution is 0.501. The normalized spacial score (nSPS) is 10.9. The molecule has 0 aliphatic rings. The zero-order valence-electron chi connectivity index (χ0n) is 5.86. The first-order valence-electron chi connectivity index (χ1n) is 2.64. The molecule has 0 radical (unpaired) electrons. The molecule has 0 fully saturated rings. The van der Waals surface area contributed by atoms with Crippen LogP contribution in [0.25, 0.3) is 0 Å². The lowest BCUT2D eigenvalue weighted by Crippen LogP contribution is -2.05. The monoisotopic (exact) mass is 111 g/mol. The third-order valence-electron chi connectivity index (χ3n) is 1.06. The van der Waals surface area contributed by atoms with Crippen LogP contribution in [0.1, 0.15) is 20.8 Å². The third kappa shape index (κ3) is 1.92. The SMILES string of the molecule is C=NC(=C)C(C)(C)C. The Morgan fingerprint density at radius 1 is 1.38 bits per heavy atom. The lowest BCUT2D eigenvalue weighted by atomic mass is 9.93. The molecule has 0 aliphatic carbocycles. The molecule has 0 aliphatic heterocycles. The molecule has 0 heterocycles. The molecule has 0 aromatic rings. The highest BCUT2D eigenvalue weighted by molar-refractivity contribution is 5.29. The summed E-state index contributed by atoms with van der Waals surface area (Å²) < 4.78 is 0. The second-order valence-electron chi connectivity index (χ2n) is 2.85. The van der Waals surface area contributed by atoms with Crippen molar-refractivity contribution in [1.82, 2.24) is 0 Å². The van der Waals surface area contributed by atoms with E-state index in [1.54, 1.807) is 0 Å². The summed E-state index contributed by atoms with van der Waals surface area (Å²) in [5.41, 5.74) is 0.930. The minimum Gasteiger partial charge on any atom is -0.269 e. The molecule has 46 valence electrons. The first-order chi connectivity index (χ1) is 3.48. The predicted octanol–water partition coefficient (Wildman–Crippen LogP) is 2.25. The molecule has 0 aromatic carbocycles. The van der Waals surface area contributed by atoms with Gasteiger partial charge in [-0.25, -0.2) is 0 Å². The summed E-state index contributed by atoms with van der Waals surface area (Å²) in [5, 5.41) is 0. The van der Waals surface area contributed by atoms with E-state index in [4.69, 9.17) is 0 Å². The van der Waals surface area contributed by atoms with Gasteiger partial charge >= 0.3 is 0 Å². The van der Waals surface area contributed by atoms with Crippen LogP contribution < -0.4 is 0 Å². The Bertz CT molecular complexity index is 106. The van der Waals surface area contributed by atoms with E-state index in [9.17, 15) is 0 Å². The molecular weight excluding hydrogens is 98.1 g/mol. The van der Waals surface area contributed by atoms with Crippen LogP contribution in [0.2, 0.25) is 0 Å². The van der Waals surface area contributed by atoms with Gasteiger partial charge in [0.1, 0.15) is 0 Å². The molecule has 0 atom stereocenters. The van der Waals surface area contributed by atoms with Crippen molar-refractivity contribution in [3.8, 4) is 0 Å². The fourth-order valence-corrected chi connectivity index (χ4v) is 0.237. The second kappa shape index (κ2) is 2.12. The topological polar surface area (TPSA) is 12.4 Å². The van der Waals surface area contributed by atoms with Crippen LogP contribution in [-0.4, -0.2) is 6.72 Å². The van der Waals surface area contributed by atoms with Gasteiger partial charge in [-0.2, -0.15) is 0 Å². The number of rotatable bonds is 1. The molecule has 0 aromatic heterocycles. The highest BCUT2D eigenvalue weighted by atomic mass is 14.7. The first kappa shape index (κ1) is 7.41. The quantitative estimate of drug-likeness (QED) is 0.460. The van der Waals surface area contributed by atoms with E-state index >= 15 is 0 Å². The zero-order valence-corrected chi connectivity index (χ0v) is 5.86. The minimum absolute atomic E-state index is 0.0851. The molecule has 8 heavy (non-hydrogen) atoms. The van der Waals surface area contributed by atoms with E-state index in [-0.39, 0.29) is 5.41 Å². The summed E-state index contributed by atoms with van der Waals surface area (Å²) in [6, 6.07) is 0. The molecule has 0 rings (SSSR count). The average Bonchev–Trinajstić information content (AvgIpc) is 1.62. The van der Waals surface area contributed by atoms with Crippen LogP contribution in [-0.2, 0) is 0 Å². The van der Waals surface area contributed by atoms with Gasteiger partial charge in [0.2, 0.25) is 0 Å². The maximum absolute atomic E-state index is 3.72. The van der Waals surface area contributed by atoms with E-state index < -0.39 is 0 Å². The summed E-state index contributed by atoms with van der Waals surface area (Å²) >= 11 is 0. The van der Waals surface area contributed by atoms with Crippen molar-refractivity contribution in [2.45, 2.75) is 20.8 Å². The van der Waals surface area contributed by atoms with Crippen molar-refractivity contribution in [2.75, 3.05) is 0 Å². The van der Waals surface area contributed by atoms with Crippen LogP contribution in [0, 0.1) is 5.41 Å². The largest absolute Gasteiger partial charge is 0.269 e. The molecule has 0 N–H and O–H groups in total. The molecule has 0 unspecified atom stereocenters. The summed E-state index contributed by atoms with van der Waals surface area (Å²) in [5.74, 6) is 0. The van der Waals surface area contributed by atoms with Gasteiger partial charge in [-0.3, -0.25) is 4.99 Å². The predicted molar refractivity (Wildman–Crippen MR) is 38.1 cm³/mol. The van der Waals surface area contributed by atoms with Crippen molar-refractivity contribution in [3.05, 3.63) is 12.3 Å². The highest BCUT2D eigenvalue weighted by Gasteiger charge is 2.12. The Balaban J connectivity index is 4.02.